The van der Waals surface area contributed by atoms with Gasteiger partial charge in [0, 0.05) is 38.3 Å². The first-order valence-corrected chi connectivity index (χ1v) is 12.8. The van der Waals surface area contributed by atoms with E-state index in [1.54, 1.807) is 7.11 Å². The highest BCUT2D eigenvalue weighted by molar-refractivity contribution is 5.76. The van der Waals surface area contributed by atoms with E-state index in [1.807, 2.05) is 22.8 Å². The number of likely N-dealkylation sites (tertiary alicyclic amines) is 1. The van der Waals surface area contributed by atoms with Gasteiger partial charge in [0.1, 0.15) is 5.75 Å². The van der Waals surface area contributed by atoms with Crippen LogP contribution in [0.15, 0.2) is 89.9 Å². The van der Waals surface area contributed by atoms with Gasteiger partial charge in [0.25, 0.3) is 5.56 Å². The molecule has 2 heterocycles. The molecule has 4 aromatic rings. The van der Waals surface area contributed by atoms with E-state index in [-0.39, 0.29) is 5.56 Å². The Labute approximate surface area is 212 Å². The molecule has 1 saturated heterocycles. The number of benzene rings is 3. The van der Waals surface area contributed by atoms with Crippen LogP contribution in [0.4, 0.5) is 0 Å². The lowest BCUT2D eigenvalue weighted by Gasteiger charge is -2.39. The summed E-state index contributed by atoms with van der Waals surface area (Å²) in [5, 5.41) is 0. The van der Waals surface area contributed by atoms with Crippen LogP contribution < -0.4 is 10.3 Å². The molecule has 0 saturated carbocycles. The Hall–Kier alpha value is -3.48. The molecule has 36 heavy (non-hydrogen) atoms. The Morgan fingerprint density at radius 1 is 0.889 bits per heavy atom. The van der Waals surface area contributed by atoms with E-state index in [1.165, 1.54) is 17.3 Å². The van der Waals surface area contributed by atoms with Crippen molar-refractivity contribution in [1.29, 1.82) is 0 Å². The average Bonchev–Trinajstić information content (AvgIpc) is 2.93. The van der Waals surface area contributed by atoms with Gasteiger partial charge in [0.15, 0.2) is 0 Å². The number of fused-ring (bicyclic) bond motifs is 1. The first-order chi connectivity index (χ1) is 17.7. The van der Waals surface area contributed by atoms with Gasteiger partial charge in [-0.05, 0) is 49.2 Å². The highest BCUT2D eigenvalue weighted by atomic mass is 16.5. The van der Waals surface area contributed by atoms with Crippen molar-refractivity contribution in [2.24, 2.45) is 0 Å². The number of hydrogen-bond acceptors (Lipinski definition) is 5. The Kier molecular flexibility index (Phi) is 7.74. The zero-order valence-corrected chi connectivity index (χ0v) is 20.9. The fraction of sp³-hybridized carbons (Fsp3) is 0.333. The molecule has 0 amide bonds. The summed E-state index contributed by atoms with van der Waals surface area (Å²) in [5.41, 5.74) is 4.29. The summed E-state index contributed by atoms with van der Waals surface area (Å²) in [4.78, 5) is 22.0. The van der Waals surface area contributed by atoms with Gasteiger partial charge in [-0.2, -0.15) is 0 Å². The fourth-order valence-corrected chi connectivity index (χ4v) is 5.20. The minimum absolute atomic E-state index is 0.0671. The van der Waals surface area contributed by atoms with E-state index in [2.05, 4.69) is 75.4 Å². The van der Waals surface area contributed by atoms with Crippen LogP contribution in [0.3, 0.4) is 0 Å². The smallest absolute Gasteiger partial charge is 0.269 e. The number of aromatic nitrogens is 2. The van der Waals surface area contributed by atoms with Gasteiger partial charge in [-0.15, -0.1) is 0 Å². The second kappa shape index (κ2) is 11.5. The van der Waals surface area contributed by atoms with Crippen LogP contribution in [0.5, 0.6) is 5.75 Å². The zero-order valence-electron chi connectivity index (χ0n) is 20.9. The van der Waals surface area contributed by atoms with Crippen molar-refractivity contribution in [2.75, 3.05) is 26.7 Å². The van der Waals surface area contributed by atoms with E-state index in [0.717, 1.165) is 62.3 Å². The molecule has 1 aliphatic heterocycles. The van der Waals surface area contributed by atoms with E-state index in [0.29, 0.717) is 12.6 Å². The molecule has 0 radical (unpaired) electrons. The summed E-state index contributed by atoms with van der Waals surface area (Å²) in [5.74, 6) is 0.737. The number of ether oxygens (including phenoxy) is 1. The highest BCUT2D eigenvalue weighted by Gasteiger charge is 2.25. The predicted molar refractivity (Wildman–Crippen MR) is 144 cm³/mol. The van der Waals surface area contributed by atoms with Gasteiger partial charge in [0.05, 0.1) is 24.3 Å². The van der Waals surface area contributed by atoms with Crippen molar-refractivity contribution in [3.8, 4) is 5.75 Å². The van der Waals surface area contributed by atoms with Crippen molar-refractivity contribution in [1.82, 2.24) is 19.4 Å². The van der Waals surface area contributed by atoms with Crippen molar-refractivity contribution < 1.29 is 4.74 Å². The average molecular weight is 483 g/mol. The largest absolute Gasteiger partial charge is 0.497 e. The maximum absolute atomic E-state index is 12.6. The molecular weight excluding hydrogens is 448 g/mol. The van der Waals surface area contributed by atoms with E-state index < -0.39 is 0 Å². The van der Waals surface area contributed by atoms with Crippen molar-refractivity contribution in [2.45, 2.75) is 38.5 Å². The minimum Gasteiger partial charge on any atom is -0.497 e. The molecule has 0 N–H and O–H groups in total. The summed E-state index contributed by atoms with van der Waals surface area (Å²) in [7, 11) is 1.64. The van der Waals surface area contributed by atoms with Gasteiger partial charge in [-0.1, -0.05) is 60.7 Å². The molecule has 1 aromatic heterocycles. The van der Waals surface area contributed by atoms with E-state index in [4.69, 9.17) is 4.74 Å². The lowest BCUT2D eigenvalue weighted by Crippen LogP contribution is -2.45. The molecule has 0 spiro atoms. The van der Waals surface area contributed by atoms with Crippen LogP contribution in [0.25, 0.3) is 11.0 Å². The van der Waals surface area contributed by atoms with Gasteiger partial charge in [0.2, 0.25) is 0 Å². The Bertz CT molecular complexity index is 1270. The van der Waals surface area contributed by atoms with Crippen LogP contribution >= 0.6 is 0 Å². The lowest BCUT2D eigenvalue weighted by atomic mass is 10.0. The summed E-state index contributed by atoms with van der Waals surface area (Å²) >= 11 is 0. The maximum Gasteiger partial charge on any atom is 0.269 e. The zero-order chi connectivity index (χ0) is 24.7. The molecular formula is C30H34N4O2. The van der Waals surface area contributed by atoms with Crippen LogP contribution in [-0.2, 0) is 19.6 Å². The monoisotopic (exact) mass is 482 g/mol. The minimum atomic E-state index is -0.0671. The molecule has 1 fully saturated rings. The quantitative estimate of drug-likeness (QED) is 0.350. The third-order valence-electron chi connectivity index (χ3n) is 7.22. The third-order valence-corrected chi connectivity index (χ3v) is 7.22. The molecule has 1 aliphatic rings. The number of piperidine rings is 1. The van der Waals surface area contributed by atoms with Gasteiger partial charge >= 0.3 is 0 Å². The molecule has 0 aliphatic carbocycles. The molecule has 6 nitrogen and oxygen atoms in total. The first-order valence-electron chi connectivity index (χ1n) is 12.8. The lowest BCUT2D eigenvalue weighted by molar-refractivity contribution is 0.0949. The van der Waals surface area contributed by atoms with Crippen molar-refractivity contribution in [3.63, 3.8) is 0 Å². The van der Waals surface area contributed by atoms with E-state index in [9.17, 15) is 4.79 Å². The van der Waals surface area contributed by atoms with Crippen LogP contribution in [-0.4, -0.2) is 52.1 Å². The van der Waals surface area contributed by atoms with E-state index >= 15 is 0 Å². The molecule has 186 valence electrons. The summed E-state index contributed by atoms with van der Waals surface area (Å²) in [6, 6.07) is 27.8. The van der Waals surface area contributed by atoms with Crippen molar-refractivity contribution >= 4 is 11.0 Å². The number of nitrogens with zero attached hydrogens (tertiary/aromatic N) is 4. The molecule has 3 aromatic carbocycles. The summed E-state index contributed by atoms with van der Waals surface area (Å²) in [6.07, 6.45) is 3.67. The molecule has 0 bridgehead atoms. The number of hydrogen-bond donors (Lipinski definition) is 0. The highest BCUT2D eigenvalue weighted by Crippen LogP contribution is 2.22. The maximum atomic E-state index is 12.6. The molecule has 0 unspecified atom stereocenters. The molecule has 6 heteroatoms. The van der Waals surface area contributed by atoms with Gasteiger partial charge < -0.3 is 14.2 Å². The topological polar surface area (TPSA) is 50.6 Å². The normalized spacial score (nSPS) is 14.9. The van der Waals surface area contributed by atoms with Gasteiger partial charge in [-0.3, -0.25) is 9.69 Å². The second-order valence-electron chi connectivity index (χ2n) is 9.55. The number of rotatable bonds is 9. The predicted octanol–water partition coefficient (Wildman–Crippen LogP) is 4.57. The first kappa shape index (κ1) is 24.2. The molecule has 0 atom stereocenters. The second-order valence-corrected chi connectivity index (χ2v) is 9.55. The van der Waals surface area contributed by atoms with Gasteiger partial charge in [-0.25, -0.2) is 4.98 Å². The molecule has 5 rings (SSSR count). The third kappa shape index (κ3) is 5.83. The Morgan fingerprint density at radius 2 is 1.53 bits per heavy atom. The van der Waals surface area contributed by atoms with Crippen LogP contribution in [0.2, 0.25) is 0 Å². The fourth-order valence-electron chi connectivity index (χ4n) is 5.20. The van der Waals surface area contributed by atoms with Crippen molar-refractivity contribution in [3.05, 3.63) is 107 Å². The Morgan fingerprint density at radius 3 is 2.14 bits per heavy atom. The Balaban J connectivity index is 1.24. The summed E-state index contributed by atoms with van der Waals surface area (Å²) < 4.78 is 7.20. The SMILES string of the molecule is COc1ccc2ncc(=O)n(CCN3CCC(N(Cc4ccccc4)Cc4ccccc4)CC3)c2c1. The van der Waals surface area contributed by atoms with Crippen LogP contribution in [0, 0.1) is 0 Å². The number of methoxy groups -OCH3 is 1. The standard InChI is InChI=1S/C30H34N4O2/c1-36-27-12-13-28-29(20-27)34(30(35)21-31-28)19-18-32-16-14-26(15-17-32)33(22-24-8-4-2-5-9-24)23-25-10-6-3-7-11-25/h2-13,20-21,26H,14-19,22-23H2,1H3. The van der Waals surface area contributed by atoms with Crippen LogP contribution in [0.1, 0.15) is 24.0 Å². The summed E-state index contributed by atoms with van der Waals surface area (Å²) in [6.45, 7) is 5.48.